The maximum absolute atomic E-state index is 12.9. The average molecular weight is 340 g/mol. The molecule has 1 aliphatic heterocycles. The third-order valence-electron chi connectivity index (χ3n) is 3.84. The number of aryl methyl sites for hydroxylation is 1. The van der Waals surface area contributed by atoms with E-state index in [0.29, 0.717) is 18.8 Å². The Morgan fingerprint density at radius 2 is 2.12 bits per heavy atom. The summed E-state index contributed by atoms with van der Waals surface area (Å²) in [7, 11) is 0. The van der Waals surface area contributed by atoms with Gasteiger partial charge in [-0.1, -0.05) is 0 Å². The van der Waals surface area contributed by atoms with Crippen molar-refractivity contribution >= 4 is 5.91 Å². The Morgan fingerprint density at radius 1 is 1.33 bits per heavy atom. The second-order valence-corrected chi connectivity index (χ2v) is 5.60. The quantitative estimate of drug-likeness (QED) is 0.906. The van der Waals surface area contributed by atoms with Gasteiger partial charge in [0, 0.05) is 12.2 Å². The van der Waals surface area contributed by atoms with Gasteiger partial charge in [0.15, 0.2) is 0 Å². The highest BCUT2D eigenvalue weighted by Gasteiger charge is 2.37. The molecule has 1 aliphatic rings. The van der Waals surface area contributed by atoms with E-state index >= 15 is 0 Å². The summed E-state index contributed by atoms with van der Waals surface area (Å²) in [6.07, 6.45) is -1.04. The zero-order valence-electron chi connectivity index (χ0n) is 12.8. The fourth-order valence-electron chi connectivity index (χ4n) is 2.79. The summed E-state index contributed by atoms with van der Waals surface area (Å²) in [4.78, 5) is 25.1. The Kier molecular flexibility index (Phi) is 4.20. The van der Waals surface area contributed by atoms with Crippen LogP contribution in [0.4, 0.5) is 13.2 Å². The van der Waals surface area contributed by atoms with Crippen molar-refractivity contribution in [2.45, 2.75) is 38.4 Å². The lowest BCUT2D eigenvalue weighted by Gasteiger charge is -2.34. The Bertz CT molecular complexity index is 731. The highest BCUT2D eigenvalue weighted by molar-refractivity contribution is 5.92. The molecule has 1 atom stereocenters. The van der Waals surface area contributed by atoms with Crippen molar-refractivity contribution in [2.24, 2.45) is 0 Å². The van der Waals surface area contributed by atoms with E-state index < -0.39 is 17.9 Å². The Hall–Kier alpha value is -2.52. The number of piperidine rings is 1. The first kappa shape index (κ1) is 16.3. The molecule has 0 aromatic carbocycles. The molecule has 0 saturated carbocycles. The first-order valence-corrected chi connectivity index (χ1v) is 7.45. The molecular weight excluding hydrogens is 325 g/mol. The molecule has 3 rings (SSSR count). The molecule has 2 aromatic rings. The van der Waals surface area contributed by atoms with Gasteiger partial charge in [0.2, 0.25) is 5.82 Å². The highest BCUT2D eigenvalue weighted by atomic mass is 19.4. The molecule has 1 amide bonds. The number of H-pyrrole nitrogens is 1. The topological polar surface area (TPSA) is 87.7 Å². The van der Waals surface area contributed by atoms with Gasteiger partial charge >= 0.3 is 6.18 Å². The number of nitrogens with one attached hydrogen (secondary N) is 1. The number of hydrogen-bond acceptors (Lipinski definition) is 5. The molecule has 1 fully saturated rings. The minimum atomic E-state index is -4.70. The van der Waals surface area contributed by atoms with E-state index in [1.165, 1.54) is 24.2 Å². The lowest BCUT2D eigenvalue weighted by molar-refractivity contribution is -0.145. The van der Waals surface area contributed by atoms with Crippen molar-refractivity contribution in [1.82, 2.24) is 30.0 Å². The molecule has 0 aliphatic carbocycles. The van der Waals surface area contributed by atoms with Gasteiger partial charge in [-0.05, 0) is 32.3 Å². The monoisotopic (exact) mass is 340 g/mol. The average Bonchev–Trinajstić information content (AvgIpc) is 3.07. The number of alkyl halides is 3. The van der Waals surface area contributed by atoms with Crippen LogP contribution in [-0.2, 0) is 6.18 Å². The van der Waals surface area contributed by atoms with Gasteiger partial charge in [-0.3, -0.25) is 9.89 Å². The number of aromatic nitrogens is 5. The summed E-state index contributed by atoms with van der Waals surface area (Å²) in [5.41, 5.74) is -0.171. The number of hydrogen-bond donors (Lipinski definition) is 1. The van der Waals surface area contributed by atoms with Crippen LogP contribution in [0.2, 0.25) is 0 Å². The highest BCUT2D eigenvalue weighted by Crippen LogP contribution is 2.31. The molecule has 2 aromatic heterocycles. The molecule has 0 bridgehead atoms. The first-order valence-electron chi connectivity index (χ1n) is 7.45. The fourth-order valence-corrected chi connectivity index (χ4v) is 2.79. The van der Waals surface area contributed by atoms with Crippen molar-refractivity contribution in [2.75, 3.05) is 6.54 Å². The van der Waals surface area contributed by atoms with E-state index in [-0.39, 0.29) is 17.4 Å². The molecule has 7 nitrogen and oxygen atoms in total. The smallest absolute Gasteiger partial charge is 0.327 e. The van der Waals surface area contributed by atoms with Crippen LogP contribution in [-0.4, -0.2) is 42.5 Å². The standard InChI is InChI=1S/C14H15F3N6O/c1-8-6-9(21-13(20-8)14(15,16)17)12(24)23-5-3-2-4-10(23)11-18-7-19-22-11/h6-7,10H,2-5H2,1H3,(H,18,19,22)/t10-/m1/s1. The summed E-state index contributed by atoms with van der Waals surface area (Å²) >= 11 is 0. The third kappa shape index (κ3) is 3.22. The number of aromatic amines is 1. The third-order valence-corrected chi connectivity index (χ3v) is 3.84. The van der Waals surface area contributed by atoms with E-state index in [2.05, 4.69) is 25.1 Å². The maximum Gasteiger partial charge on any atom is 0.451 e. The van der Waals surface area contributed by atoms with Crippen molar-refractivity contribution in [3.8, 4) is 0 Å². The van der Waals surface area contributed by atoms with Crippen LogP contribution in [0.5, 0.6) is 0 Å². The van der Waals surface area contributed by atoms with Crippen molar-refractivity contribution in [3.63, 3.8) is 0 Å². The molecule has 0 radical (unpaired) electrons. The predicted molar refractivity (Wildman–Crippen MR) is 75.8 cm³/mol. The number of carbonyl (C=O) groups excluding carboxylic acids is 1. The minimum absolute atomic E-state index is 0.0916. The second kappa shape index (κ2) is 6.17. The van der Waals surface area contributed by atoms with Crippen molar-refractivity contribution in [3.05, 3.63) is 35.4 Å². The number of likely N-dealkylation sites (tertiary alicyclic amines) is 1. The Labute approximate surface area is 135 Å². The van der Waals surface area contributed by atoms with Gasteiger partial charge in [0.05, 0.1) is 6.04 Å². The molecule has 1 N–H and O–H groups in total. The summed E-state index contributed by atoms with van der Waals surface area (Å²) < 4.78 is 38.6. The molecule has 1 saturated heterocycles. The van der Waals surface area contributed by atoms with Gasteiger partial charge in [-0.15, -0.1) is 0 Å². The minimum Gasteiger partial charge on any atom is -0.327 e. The van der Waals surface area contributed by atoms with Gasteiger partial charge in [0.1, 0.15) is 17.8 Å². The van der Waals surface area contributed by atoms with Crippen LogP contribution < -0.4 is 0 Å². The zero-order valence-corrected chi connectivity index (χ0v) is 12.8. The van der Waals surface area contributed by atoms with E-state index in [1.54, 1.807) is 0 Å². The summed E-state index contributed by atoms with van der Waals surface area (Å²) in [5.74, 6) is -1.35. The van der Waals surface area contributed by atoms with E-state index in [1.807, 2.05) is 0 Å². The normalized spacial score (nSPS) is 18.7. The second-order valence-electron chi connectivity index (χ2n) is 5.60. The van der Waals surface area contributed by atoms with Gasteiger partial charge < -0.3 is 4.90 Å². The SMILES string of the molecule is Cc1cc(C(=O)N2CCCC[C@@H]2c2ncn[nH]2)nc(C(F)(F)F)n1. The lowest BCUT2D eigenvalue weighted by Crippen LogP contribution is -2.39. The van der Waals surface area contributed by atoms with E-state index in [4.69, 9.17) is 0 Å². The molecule has 10 heteroatoms. The molecule has 3 heterocycles. The van der Waals surface area contributed by atoms with Gasteiger partial charge in [0.25, 0.3) is 5.91 Å². The summed E-state index contributed by atoms with van der Waals surface area (Å²) in [6.45, 7) is 1.83. The molecule has 24 heavy (non-hydrogen) atoms. The van der Waals surface area contributed by atoms with Crippen LogP contribution in [0.25, 0.3) is 0 Å². The van der Waals surface area contributed by atoms with Crippen LogP contribution >= 0.6 is 0 Å². The van der Waals surface area contributed by atoms with Crippen molar-refractivity contribution in [1.29, 1.82) is 0 Å². The molecular formula is C14H15F3N6O. The number of rotatable bonds is 2. The maximum atomic E-state index is 12.9. The molecule has 0 unspecified atom stereocenters. The zero-order chi connectivity index (χ0) is 17.3. The Morgan fingerprint density at radius 3 is 2.79 bits per heavy atom. The van der Waals surface area contributed by atoms with Crippen molar-refractivity contribution < 1.29 is 18.0 Å². The number of carbonyl (C=O) groups is 1. The summed E-state index contributed by atoms with van der Waals surface area (Å²) in [5, 5.41) is 6.50. The number of amides is 1. The number of nitrogens with zero attached hydrogens (tertiary/aromatic N) is 5. The van der Waals surface area contributed by atoms with E-state index in [0.717, 1.165) is 12.8 Å². The molecule has 128 valence electrons. The Balaban J connectivity index is 1.94. The number of halogens is 3. The molecule has 0 spiro atoms. The predicted octanol–water partition coefficient (Wildman–Crippen LogP) is 2.29. The first-order chi connectivity index (χ1) is 11.4. The summed E-state index contributed by atoms with van der Waals surface area (Å²) in [6, 6.07) is 0.919. The van der Waals surface area contributed by atoms with Gasteiger partial charge in [-0.2, -0.15) is 18.3 Å². The van der Waals surface area contributed by atoms with Crippen LogP contribution in [0.1, 0.15) is 53.1 Å². The van der Waals surface area contributed by atoms with Crippen LogP contribution in [0.3, 0.4) is 0 Å². The van der Waals surface area contributed by atoms with Gasteiger partial charge in [-0.25, -0.2) is 15.0 Å². The van der Waals surface area contributed by atoms with Crippen LogP contribution in [0.15, 0.2) is 12.4 Å². The fraction of sp³-hybridized carbons (Fsp3) is 0.500. The lowest BCUT2D eigenvalue weighted by atomic mass is 10.0. The van der Waals surface area contributed by atoms with Crippen LogP contribution in [0, 0.1) is 6.92 Å². The van der Waals surface area contributed by atoms with E-state index in [9.17, 15) is 18.0 Å². The largest absolute Gasteiger partial charge is 0.451 e.